The second kappa shape index (κ2) is 5.77. The first-order valence-corrected chi connectivity index (χ1v) is 5.56. The highest BCUT2D eigenvalue weighted by atomic mass is 16.5. The summed E-state index contributed by atoms with van der Waals surface area (Å²) in [4.78, 5) is 15.4. The topological polar surface area (TPSA) is 39.2 Å². The molecule has 2 aromatic rings. The molecule has 0 unspecified atom stereocenters. The van der Waals surface area contributed by atoms with Crippen LogP contribution in [-0.4, -0.2) is 18.1 Å². The standard InChI is InChI=1S/C15H13NO2/c1-18-15(17)14-6-2-4-12(10-14)7-8-13-5-3-9-16-11-13/h2-11H,1H3/b8-7+. The number of hydrogen-bond donors (Lipinski definition) is 0. The summed E-state index contributed by atoms with van der Waals surface area (Å²) in [5.74, 6) is -0.327. The van der Waals surface area contributed by atoms with Crippen LogP contribution in [0.5, 0.6) is 0 Å². The van der Waals surface area contributed by atoms with Crippen molar-refractivity contribution in [2.45, 2.75) is 0 Å². The van der Waals surface area contributed by atoms with Crippen molar-refractivity contribution in [1.82, 2.24) is 4.98 Å². The summed E-state index contributed by atoms with van der Waals surface area (Å²) in [5, 5.41) is 0. The molecule has 1 aromatic carbocycles. The van der Waals surface area contributed by atoms with Crippen molar-refractivity contribution in [3.8, 4) is 0 Å². The van der Waals surface area contributed by atoms with Crippen LogP contribution in [0.15, 0.2) is 48.8 Å². The summed E-state index contributed by atoms with van der Waals surface area (Å²) in [6.45, 7) is 0. The van der Waals surface area contributed by atoms with Gasteiger partial charge in [0, 0.05) is 12.4 Å². The molecule has 0 N–H and O–H groups in total. The first kappa shape index (κ1) is 12.0. The zero-order chi connectivity index (χ0) is 12.8. The molecule has 1 aromatic heterocycles. The van der Waals surface area contributed by atoms with E-state index in [1.165, 1.54) is 7.11 Å². The Kier molecular flexibility index (Phi) is 3.86. The van der Waals surface area contributed by atoms with E-state index >= 15 is 0 Å². The molecule has 18 heavy (non-hydrogen) atoms. The van der Waals surface area contributed by atoms with Crippen LogP contribution < -0.4 is 0 Å². The Labute approximate surface area is 106 Å². The Morgan fingerprint density at radius 2 is 1.94 bits per heavy atom. The molecule has 0 atom stereocenters. The van der Waals surface area contributed by atoms with Gasteiger partial charge in [0.25, 0.3) is 0 Å². The lowest BCUT2D eigenvalue weighted by molar-refractivity contribution is 0.0600. The van der Waals surface area contributed by atoms with Gasteiger partial charge < -0.3 is 4.74 Å². The molecule has 0 fully saturated rings. The van der Waals surface area contributed by atoms with Gasteiger partial charge in [-0.05, 0) is 29.3 Å². The van der Waals surface area contributed by atoms with E-state index < -0.39 is 0 Å². The van der Waals surface area contributed by atoms with Gasteiger partial charge in [0.15, 0.2) is 0 Å². The van der Waals surface area contributed by atoms with Crippen molar-refractivity contribution in [2.75, 3.05) is 7.11 Å². The summed E-state index contributed by atoms with van der Waals surface area (Å²) in [6.07, 6.45) is 7.39. The molecule has 90 valence electrons. The second-order valence-corrected chi connectivity index (χ2v) is 3.74. The zero-order valence-electron chi connectivity index (χ0n) is 10.0. The van der Waals surface area contributed by atoms with Gasteiger partial charge in [0.05, 0.1) is 12.7 Å². The molecule has 3 nitrogen and oxygen atoms in total. The van der Waals surface area contributed by atoms with E-state index in [0.29, 0.717) is 5.56 Å². The van der Waals surface area contributed by atoms with Crippen LogP contribution >= 0.6 is 0 Å². The molecule has 0 aliphatic rings. The van der Waals surface area contributed by atoms with Crippen LogP contribution in [0, 0.1) is 0 Å². The number of benzene rings is 1. The van der Waals surface area contributed by atoms with Gasteiger partial charge in [-0.3, -0.25) is 4.98 Å². The van der Waals surface area contributed by atoms with E-state index in [2.05, 4.69) is 9.72 Å². The maximum atomic E-state index is 11.4. The van der Waals surface area contributed by atoms with Gasteiger partial charge >= 0.3 is 5.97 Å². The van der Waals surface area contributed by atoms with Gasteiger partial charge in [-0.2, -0.15) is 0 Å². The lowest BCUT2D eigenvalue weighted by Crippen LogP contribution is -2.00. The first-order valence-electron chi connectivity index (χ1n) is 5.56. The van der Waals surface area contributed by atoms with Crippen LogP contribution in [0.1, 0.15) is 21.5 Å². The Morgan fingerprint density at radius 3 is 2.67 bits per heavy atom. The van der Waals surface area contributed by atoms with Crippen LogP contribution in [0.2, 0.25) is 0 Å². The van der Waals surface area contributed by atoms with Gasteiger partial charge in [-0.15, -0.1) is 0 Å². The van der Waals surface area contributed by atoms with E-state index in [4.69, 9.17) is 0 Å². The van der Waals surface area contributed by atoms with Crippen molar-refractivity contribution in [3.05, 3.63) is 65.5 Å². The molecule has 3 heteroatoms. The molecule has 0 aliphatic carbocycles. The molecule has 2 rings (SSSR count). The Balaban J connectivity index is 2.20. The summed E-state index contributed by atoms with van der Waals surface area (Å²) >= 11 is 0. The number of esters is 1. The smallest absolute Gasteiger partial charge is 0.337 e. The summed E-state index contributed by atoms with van der Waals surface area (Å²) in [7, 11) is 1.38. The highest BCUT2D eigenvalue weighted by Crippen LogP contribution is 2.10. The number of rotatable bonds is 3. The van der Waals surface area contributed by atoms with Crippen molar-refractivity contribution in [2.24, 2.45) is 0 Å². The molecule has 0 amide bonds. The SMILES string of the molecule is COC(=O)c1cccc(/C=C/c2cccnc2)c1. The minimum atomic E-state index is -0.327. The molecule has 0 aliphatic heterocycles. The average molecular weight is 239 g/mol. The fourth-order valence-electron chi connectivity index (χ4n) is 1.55. The monoisotopic (exact) mass is 239 g/mol. The highest BCUT2D eigenvalue weighted by Gasteiger charge is 2.03. The summed E-state index contributed by atoms with van der Waals surface area (Å²) in [5.41, 5.74) is 2.51. The maximum Gasteiger partial charge on any atom is 0.337 e. The predicted molar refractivity (Wildman–Crippen MR) is 70.9 cm³/mol. The minimum absolute atomic E-state index is 0.327. The molecular weight excluding hydrogens is 226 g/mol. The quantitative estimate of drug-likeness (QED) is 0.773. The Hall–Kier alpha value is -2.42. The number of methoxy groups -OCH3 is 1. The molecular formula is C15H13NO2. The number of hydrogen-bond acceptors (Lipinski definition) is 3. The van der Waals surface area contributed by atoms with E-state index in [1.807, 2.05) is 36.4 Å². The molecule has 0 saturated carbocycles. The number of nitrogens with zero attached hydrogens (tertiary/aromatic N) is 1. The lowest BCUT2D eigenvalue weighted by atomic mass is 10.1. The van der Waals surface area contributed by atoms with Gasteiger partial charge in [0.2, 0.25) is 0 Å². The van der Waals surface area contributed by atoms with Crippen LogP contribution in [0.25, 0.3) is 12.2 Å². The minimum Gasteiger partial charge on any atom is -0.465 e. The second-order valence-electron chi connectivity index (χ2n) is 3.74. The van der Waals surface area contributed by atoms with Crippen molar-refractivity contribution in [3.63, 3.8) is 0 Å². The normalized spacial score (nSPS) is 10.5. The van der Waals surface area contributed by atoms with Gasteiger partial charge in [0.1, 0.15) is 0 Å². The summed E-state index contributed by atoms with van der Waals surface area (Å²) in [6, 6.07) is 11.1. The number of aromatic nitrogens is 1. The van der Waals surface area contributed by atoms with Crippen LogP contribution in [0.4, 0.5) is 0 Å². The largest absolute Gasteiger partial charge is 0.465 e. The number of pyridine rings is 1. The maximum absolute atomic E-state index is 11.4. The Bertz CT molecular complexity index is 562. The van der Waals surface area contributed by atoms with E-state index in [1.54, 1.807) is 24.5 Å². The fraction of sp³-hybridized carbons (Fsp3) is 0.0667. The third-order valence-corrected chi connectivity index (χ3v) is 2.46. The molecule has 0 radical (unpaired) electrons. The first-order chi connectivity index (χ1) is 8.79. The van der Waals surface area contributed by atoms with Crippen molar-refractivity contribution < 1.29 is 9.53 Å². The van der Waals surface area contributed by atoms with E-state index in [9.17, 15) is 4.79 Å². The van der Waals surface area contributed by atoms with Gasteiger partial charge in [-0.25, -0.2) is 4.79 Å². The molecule has 0 spiro atoms. The van der Waals surface area contributed by atoms with Crippen LogP contribution in [0.3, 0.4) is 0 Å². The third kappa shape index (κ3) is 3.04. The molecule has 0 saturated heterocycles. The molecule has 0 bridgehead atoms. The lowest BCUT2D eigenvalue weighted by Gasteiger charge is -2.00. The molecule has 1 heterocycles. The van der Waals surface area contributed by atoms with Gasteiger partial charge in [-0.1, -0.05) is 30.4 Å². The number of carbonyl (C=O) groups excluding carboxylic acids is 1. The average Bonchev–Trinajstić information content (AvgIpc) is 2.45. The van der Waals surface area contributed by atoms with E-state index in [-0.39, 0.29) is 5.97 Å². The Morgan fingerprint density at radius 1 is 1.17 bits per heavy atom. The van der Waals surface area contributed by atoms with Crippen LogP contribution in [-0.2, 0) is 4.74 Å². The predicted octanol–water partition coefficient (Wildman–Crippen LogP) is 3.04. The van der Waals surface area contributed by atoms with Crippen molar-refractivity contribution in [1.29, 1.82) is 0 Å². The van der Waals surface area contributed by atoms with Crippen molar-refractivity contribution >= 4 is 18.1 Å². The fourth-order valence-corrected chi connectivity index (χ4v) is 1.55. The summed E-state index contributed by atoms with van der Waals surface area (Å²) < 4.78 is 4.68. The highest BCUT2D eigenvalue weighted by molar-refractivity contribution is 5.90. The number of ether oxygens (including phenoxy) is 1. The van der Waals surface area contributed by atoms with E-state index in [0.717, 1.165) is 11.1 Å². The zero-order valence-corrected chi connectivity index (χ0v) is 10.0. The third-order valence-electron chi connectivity index (χ3n) is 2.46. The number of carbonyl (C=O) groups is 1.